The van der Waals surface area contributed by atoms with Crippen molar-refractivity contribution in [2.75, 3.05) is 26.7 Å². The quantitative estimate of drug-likeness (QED) is 0.851. The van der Waals surface area contributed by atoms with Gasteiger partial charge in [-0.05, 0) is 18.6 Å². The zero-order chi connectivity index (χ0) is 16.9. The molecular weight excluding hydrogens is 312 g/mol. The monoisotopic (exact) mass is 330 g/mol. The van der Waals surface area contributed by atoms with Gasteiger partial charge in [0, 0.05) is 24.6 Å². The summed E-state index contributed by atoms with van der Waals surface area (Å²) >= 11 is 0. The number of carbonyl (C=O) groups excluding carboxylic acids is 2. The Morgan fingerprint density at radius 3 is 2.92 bits per heavy atom. The highest BCUT2D eigenvalue weighted by Crippen LogP contribution is 2.27. The van der Waals surface area contributed by atoms with Crippen LogP contribution in [-0.2, 0) is 9.53 Å². The van der Waals surface area contributed by atoms with Crippen molar-refractivity contribution in [3.05, 3.63) is 36.2 Å². The van der Waals surface area contributed by atoms with Crippen LogP contribution >= 0.6 is 0 Å². The Kier molecular flexibility index (Phi) is 4.74. The van der Waals surface area contributed by atoms with Crippen LogP contribution in [0.5, 0.6) is 0 Å². The highest BCUT2D eigenvalue weighted by atomic mass is 16.5. The molecule has 1 unspecified atom stereocenters. The number of ether oxygens (including phenoxy) is 1. The lowest BCUT2D eigenvalue weighted by Crippen LogP contribution is -2.41. The van der Waals surface area contributed by atoms with Crippen molar-refractivity contribution in [1.82, 2.24) is 20.4 Å². The third-order valence-corrected chi connectivity index (χ3v) is 3.91. The van der Waals surface area contributed by atoms with Crippen molar-refractivity contribution in [1.29, 1.82) is 0 Å². The molecule has 3 rings (SSSR count). The highest BCUT2D eigenvalue weighted by molar-refractivity contribution is 5.81. The summed E-state index contributed by atoms with van der Waals surface area (Å²) in [6.07, 6.45) is 0.749. The number of hydrogen-bond donors (Lipinski definition) is 1. The standard InChI is InChI=1S/C16H18N4O4/c1-23-13(21)9-17-16(22)20-8-7-12(10-20)14-18-15(24-19-14)11-5-3-2-4-6-11/h2-6,12H,7-10H2,1H3,(H,17,22). The number of aromatic nitrogens is 2. The lowest BCUT2D eigenvalue weighted by molar-refractivity contribution is -0.139. The van der Waals surface area contributed by atoms with E-state index in [0.29, 0.717) is 24.8 Å². The van der Waals surface area contributed by atoms with E-state index in [1.165, 1.54) is 7.11 Å². The maximum Gasteiger partial charge on any atom is 0.325 e. The summed E-state index contributed by atoms with van der Waals surface area (Å²) in [5.74, 6) is 0.608. The summed E-state index contributed by atoms with van der Waals surface area (Å²) in [7, 11) is 1.28. The number of likely N-dealkylation sites (tertiary alicyclic amines) is 1. The second kappa shape index (κ2) is 7.12. The molecule has 24 heavy (non-hydrogen) atoms. The minimum absolute atomic E-state index is 0.0232. The molecule has 0 bridgehead atoms. The lowest BCUT2D eigenvalue weighted by Gasteiger charge is -2.16. The Balaban J connectivity index is 1.59. The van der Waals surface area contributed by atoms with Crippen LogP contribution in [0.1, 0.15) is 18.2 Å². The molecular formula is C16H18N4O4. The smallest absolute Gasteiger partial charge is 0.325 e. The molecule has 0 saturated carbocycles. The maximum absolute atomic E-state index is 12.0. The first kappa shape index (κ1) is 16.0. The average molecular weight is 330 g/mol. The number of esters is 1. The van der Waals surface area contributed by atoms with E-state index in [9.17, 15) is 9.59 Å². The molecule has 0 aliphatic carbocycles. The summed E-state index contributed by atoms with van der Waals surface area (Å²) in [5, 5.41) is 6.56. The molecule has 1 fully saturated rings. The predicted molar refractivity (Wildman–Crippen MR) is 84.1 cm³/mol. The molecule has 1 atom stereocenters. The van der Waals surface area contributed by atoms with Crippen molar-refractivity contribution in [3.63, 3.8) is 0 Å². The molecule has 1 aliphatic rings. The van der Waals surface area contributed by atoms with Gasteiger partial charge in [0.05, 0.1) is 7.11 Å². The van der Waals surface area contributed by atoms with E-state index in [1.807, 2.05) is 30.3 Å². The summed E-state index contributed by atoms with van der Waals surface area (Å²) in [5.41, 5.74) is 0.863. The second-order valence-electron chi connectivity index (χ2n) is 5.49. The number of rotatable bonds is 4. The normalized spacial score (nSPS) is 16.9. The molecule has 126 valence electrons. The zero-order valence-electron chi connectivity index (χ0n) is 13.3. The van der Waals surface area contributed by atoms with Gasteiger partial charge in [-0.25, -0.2) is 4.79 Å². The number of amides is 2. The van der Waals surface area contributed by atoms with Crippen molar-refractivity contribution in [2.45, 2.75) is 12.3 Å². The van der Waals surface area contributed by atoms with E-state index < -0.39 is 5.97 Å². The van der Waals surface area contributed by atoms with E-state index >= 15 is 0 Å². The zero-order valence-corrected chi connectivity index (χ0v) is 13.3. The molecule has 0 radical (unpaired) electrons. The molecule has 1 aliphatic heterocycles. The van der Waals surface area contributed by atoms with Gasteiger partial charge < -0.3 is 19.5 Å². The van der Waals surface area contributed by atoms with Crippen LogP contribution in [0.3, 0.4) is 0 Å². The number of hydrogen-bond acceptors (Lipinski definition) is 6. The fourth-order valence-electron chi connectivity index (χ4n) is 2.59. The van der Waals surface area contributed by atoms with Crippen molar-refractivity contribution >= 4 is 12.0 Å². The van der Waals surface area contributed by atoms with Crippen LogP contribution < -0.4 is 5.32 Å². The third kappa shape index (κ3) is 3.53. The highest BCUT2D eigenvalue weighted by Gasteiger charge is 2.30. The van der Waals surface area contributed by atoms with Crippen molar-refractivity contribution in [2.24, 2.45) is 0 Å². The molecule has 8 nitrogen and oxygen atoms in total. The van der Waals surface area contributed by atoms with E-state index in [4.69, 9.17) is 4.52 Å². The molecule has 1 aromatic carbocycles. The van der Waals surface area contributed by atoms with Gasteiger partial charge in [-0.2, -0.15) is 4.98 Å². The van der Waals surface area contributed by atoms with E-state index in [0.717, 1.165) is 12.0 Å². The van der Waals surface area contributed by atoms with Crippen LogP contribution in [0.25, 0.3) is 11.5 Å². The van der Waals surface area contributed by atoms with Crippen LogP contribution in [-0.4, -0.2) is 53.8 Å². The van der Waals surface area contributed by atoms with E-state index in [2.05, 4.69) is 20.2 Å². The SMILES string of the molecule is COC(=O)CNC(=O)N1CCC(c2noc(-c3ccccc3)n2)C1. The fourth-order valence-corrected chi connectivity index (χ4v) is 2.59. The fraction of sp³-hybridized carbons (Fsp3) is 0.375. The van der Waals surface area contributed by atoms with Gasteiger partial charge in [0.15, 0.2) is 5.82 Å². The molecule has 1 N–H and O–H groups in total. The molecule has 2 aromatic rings. The molecule has 1 saturated heterocycles. The number of nitrogens with zero attached hydrogens (tertiary/aromatic N) is 3. The van der Waals surface area contributed by atoms with Gasteiger partial charge in [-0.3, -0.25) is 4.79 Å². The van der Waals surface area contributed by atoms with Gasteiger partial charge in [-0.15, -0.1) is 0 Å². The van der Waals surface area contributed by atoms with Gasteiger partial charge in [-0.1, -0.05) is 23.4 Å². The minimum atomic E-state index is -0.482. The number of nitrogens with one attached hydrogen (secondary N) is 1. The maximum atomic E-state index is 12.0. The van der Waals surface area contributed by atoms with E-state index in [1.54, 1.807) is 4.90 Å². The topological polar surface area (TPSA) is 97.6 Å². The Hall–Kier alpha value is -2.90. The number of carbonyl (C=O) groups is 2. The summed E-state index contributed by atoms with van der Waals surface area (Å²) < 4.78 is 9.80. The average Bonchev–Trinajstić information content (AvgIpc) is 3.29. The summed E-state index contributed by atoms with van der Waals surface area (Å²) in [6.45, 7) is 0.921. The van der Waals surface area contributed by atoms with Gasteiger partial charge >= 0.3 is 12.0 Å². The van der Waals surface area contributed by atoms with Crippen molar-refractivity contribution < 1.29 is 18.8 Å². The van der Waals surface area contributed by atoms with Crippen molar-refractivity contribution in [3.8, 4) is 11.5 Å². The molecule has 1 aromatic heterocycles. The second-order valence-corrected chi connectivity index (χ2v) is 5.49. The van der Waals surface area contributed by atoms with Gasteiger partial charge in [0.1, 0.15) is 6.54 Å². The first-order valence-corrected chi connectivity index (χ1v) is 7.66. The van der Waals surface area contributed by atoms with E-state index in [-0.39, 0.29) is 18.5 Å². The minimum Gasteiger partial charge on any atom is -0.468 e. The van der Waals surface area contributed by atoms with Crippen LogP contribution in [0.4, 0.5) is 4.79 Å². The number of benzene rings is 1. The lowest BCUT2D eigenvalue weighted by atomic mass is 10.1. The molecule has 8 heteroatoms. The Morgan fingerprint density at radius 2 is 2.17 bits per heavy atom. The Morgan fingerprint density at radius 1 is 1.38 bits per heavy atom. The first-order chi connectivity index (χ1) is 11.7. The molecule has 2 amide bonds. The first-order valence-electron chi connectivity index (χ1n) is 7.66. The molecule has 0 spiro atoms. The van der Waals surface area contributed by atoms with Gasteiger partial charge in [0.25, 0.3) is 5.89 Å². The van der Waals surface area contributed by atoms with Crippen LogP contribution in [0, 0.1) is 0 Å². The summed E-state index contributed by atoms with van der Waals surface area (Å²) in [4.78, 5) is 29.1. The Bertz CT molecular complexity index is 716. The third-order valence-electron chi connectivity index (χ3n) is 3.91. The van der Waals surface area contributed by atoms with Crippen LogP contribution in [0.2, 0.25) is 0 Å². The molecule has 2 heterocycles. The number of methoxy groups -OCH3 is 1. The predicted octanol–water partition coefficient (Wildman–Crippen LogP) is 1.41. The van der Waals surface area contributed by atoms with Gasteiger partial charge in [0.2, 0.25) is 0 Å². The van der Waals surface area contributed by atoms with Crippen LogP contribution in [0.15, 0.2) is 34.9 Å². The summed E-state index contributed by atoms with van der Waals surface area (Å²) in [6, 6.07) is 9.24. The largest absolute Gasteiger partial charge is 0.468 e. The number of urea groups is 1. The Labute approximate surface area is 138 Å².